The summed E-state index contributed by atoms with van der Waals surface area (Å²) in [5.41, 5.74) is 5.19. The predicted octanol–water partition coefficient (Wildman–Crippen LogP) is 4.58. The molecule has 0 unspecified atom stereocenters. The van der Waals surface area contributed by atoms with Crippen LogP contribution < -0.4 is 10.6 Å². The fraction of sp³-hybridized carbons (Fsp3) is 0.350. The molecule has 0 heterocycles. The van der Waals surface area contributed by atoms with Crippen molar-refractivity contribution in [1.82, 2.24) is 10.6 Å². The van der Waals surface area contributed by atoms with E-state index in [9.17, 15) is 0 Å². The highest BCUT2D eigenvalue weighted by Gasteiger charge is 2.12. The Hall–Kier alpha value is -1.52. The fourth-order valence-corrected chi connectivity index (χ4v) is 2.67. The average Bonchev–Trinajstić information content (AvgIpc) is 2.58. The van der Waals surface area contributed by atoms with Gasteiger partial charge >= 0.3 is 0 Å². The second-order valence-electron chi connectivity index (χ2n) is 6.96. The van der Waals surface area contributed by atoms with Gasteiger partial charge in [0.15, 0.2) is 5.11 Å². The number of thiocarbonyl (C=S) groups is 1. The summed E-state index contributed by atoms with van der Waals surface area (Å²) in [4.78, 5) is 0. The van der Waals surface area contributed by atoms with Gasteiger partial charge in [-0.3, -0.25) is 0 Å². The van der Waals surface area contributed by atoms with Gasteiger partial charge < -0.3 is 10.6 Å². The molecule has 0 radical (unpaired) electrons. The summed E-state index contributed by atoms with van der Waals surface area (Å²) < 4.78 is 0. The van der Waals surface area contributed by atoms with Crippen molar-refractivity contribution in [1.29, 1.82) is 0 Å². The van der Waals surface area contributed by atoms with E-state index in [2.05, 4.69) is 92.6 Å². The normalized spacial score (nSPS) is 11.2. The van der Waals surface area contributed by atoms with Crippen LogP contribution in [0.3, 0.4) is 0 Å². The Kier molecular flexibility index (Phi) is 6.69. The number of thiol groups is 1. The third kappa shape index (κ3) is 5.84. The lowest BCUT2D eigenvalue weighted by atomic mass is 9.87. The van der Waals surface area contributed by atoms with Crippen LogP contribution in [-0.2, 0) is 24.3 Å². The molecule has 2 aromatic carbocycles. The van der Waals surface area contributed by atoms with Gasteiger partial charge in [0.1, 0.15) is 0 Å². The van der Waals surface area contributed by atoms with Crippen LogP contribution in [0, 0.1) is 0 Å². The number of hydrogen-bond donors (Lipinski definition) is 3. The SMILES string of the molecule is CC(C)(C)c1ccc(CNC(=S)NCc2ccc(CS)cc2)cc1. The molecular formula is C20H26N2S2. The number of hydrogen-bond acceptors (Lipinski definition) is 2. The molecule has 0 aliphatic heterocycles. The first-order valence-electron chi connectivity index (χ1n) is 8.18. The third-order valence-electron chi connectivity index (χ3n) is 3.93. The van der Waals surface area contributed by atoms with Gasteiger partial charge in [0, 0.05) is 18.8 Å². The van der Waals surface area contributed by atoms with Crippen LogP contribution in [0.4, 0.5) is 0 Å². The molecule has 0 aliphatic carbocycles. The molecule has 4 heteroatoms. The average molecular weight is 359 g/mol. The Bertz CT molecular complexity index is 656. The van der Waals surface area contributed by atoms with E-state index < -0.39 is 0 Å². The van der Waals surface area contributed by atoms with E-state index in [0.717, 1.165) is 18.8 Å². The lowest BCUT2D eigenvalue weighted by molar-refractivity contribution is 0.590. The first kappa shape index (κ1) is 18.8. The second kappa shape index (κ2) is 8.54. The molecule has 0 aliphatic rings. The van der Waals surface area contributed by atoms with Crippen LogP contribution in [0.1, 0.15) is 43.0 Å². The summed E-state index contributed by atoms with van der Waals surface area (Å²) in [7, 11) is 0. The van der Waals surface area contributed by atoms with E-state index in [4.69, 9.17) is 12.2 Å². The quantitative estimate of drug-likeness (QED) is 0.539. The Morgan fingerprint density at radius 3 is 1.67 bits per heavy atom. The molecule has 128 valence electrons. The van der Waals surface area contributed by atoms with Crippen molar-refractivity contribution in [2.75, 3.05) is 0 Å². The maximum atomic E-state index is 5.35. The summed E-state index contributed by atoms with van der Waals surface area (Å²) in [6.45, 7) is 8.13. The molecular weight excluding hydrogens is 332 g/mol. The predicted molar refractivity (Wildman–Crippen MR) is 111 cm³/mol. The zero-order valence-corrected chi connectivity index (χ0v) is 16.3. The standard InChI is InChI=1S/C20H26N2S2/c1-20(2,3)18-10-8-16(9-11-18)13-22-19(24)21-12-15-4-6-17(14-23)7-5-15/h4-11,23H,12-14H2,1-3H3,(H2,21,22,24). The second-order valence-corrected chi connectivity index (χ2v) is 7.68. The topological polar surface area (TPSA) is 24.1 Å². The van der Waals surface area contributed by atoms with Crippen molar-refractivity contribution in [2.45, 2.75) is 45.0 Å². The van der Waals surface area contributed by atoms with Gasteiger partial charge in [-0.1, -0.05) is 69.3 Å². The van der Waals surface area contributed by atoms with Crippen LogP contribution in [0.5, 0.6) is 0 Å². The van der Waals surface area contributed by atoms with Crippen molar-refractivity contribution in [3.63, 3.8) is 0 Å². The van der Waals surface area contributed by atoms with Crippen LogP contribution in [-0.4, -0.2) is 5.11 Å². The van der Waals surface area contributed by atoms with Gasteiger partial charge in [0.2, 0.25) is 0 Å². The van der Waals surface area contributed by atoms with Crippen LogP contribution in [0.15, 0.2) is 48.5 Å². The van der Waals surface area contributed by atoms with Gasteiger partial charge in [0.25, 0.3) is 0 Å². The zero-order valence-electron chi connectivity index (χ0n) is 14.6. The first-order chi connectivity index (χ1) is 11.4. The molecule has 0 atom stereocenters. The summed E-state index contributed by atoms with van der Waals surface area (Å²) in [6.07, 6.45) is 0. The highest BCUT2D eigenvalue weighted by Crippen LogP contribution is 2.22. The molecule has 0 aromatic heterocycles. The van der Waals surface area contributed by atoms with E-state index in [1.165, 1.54) is 22.3 Å². The molecule has 2 rings (SSSR count). The third-order valence-corrected chi connectivity index (χ3v) is 4.59. The van der Waals surface area contributed by atoms with Crippen molar-refractivity contribution in [3.8, 4) is 0 Å². The minimum atomic E-state index is 0.186. The molecule has 0 saturated carbocycles. The van der Waals surface area contributed by atoms with Crippen molar-refractivity contribution >= 4 is 30.0 Å². The Morgan fingerprint density at radius 2 is 1.25 bits per heavy atom. The van der Waals surface area contributed by atoms with Gasteiger partial charge in [-0.2, -0.15) is 12.6 Å². The molecule has 0 spiro atoms. The summed E-state index contributed by atoms with van der Waals surface area (Å²) >= 11 is 9.62. The Morgan fingerprint density at radius 1 is 0.833 bits per heavy atom. The van der Waals surface area contributed by atoms with E-state index in [0.29, 0.717) is 5.11 Å². The van der Waals surface area contributed by atoms with Gasteiger partial charge in [-0.05, 0) is 39.9 Å². The first-order valence-corrected chi connectivity index (χ1v) is 9.22. The summed E-state index contributed by atoms with van der Waals surface area (Å²) in [6, 6.07) is 17.1. The molecule has 2 N–H and O–H groups in total. The molecule has 0 amide bonds. The number of benzene rings is 2. The lowest BCUT2D eigenvalue weighted by Gasteiger charge is -2.19. The van der Waals surface area contributed by atoms with Crippen molar-refractivity contribution in [3.05, 3.63) is 70.8 Å². The molecule has 2 aromatic rings. The van der Waals surface area contributed by atoms with Crippen LogP contribution in [0.2, 0.25) is 0 Å². The minimum absolute atomic E-state index is 0.186. The van der Waals surface area contributed by atoms with Crippen LogP contribution in [0.25, 0.3) is 0 Å². The molecule has 0 fully saturated rings. The highest BCUT2D eigenvalue weighted by atomic mass is 32.1. The van der Waals surface area contributed by atoms with Crippen LogP contribution >= 0.6 is 24.8 Å². The Labute approximate surface area is 156 Å². The number of rotatable bonds is 5. The number of nitrogens with one attached hydrogen (secondary N) is 2. The van der Waals surface area contributed by atoms with Crippen molar-refractivity contribution in [2.24, 2.45) is 0 Å². The van der Waals surface area contributed by atoms with E-state index in [1.807, 2.05) is 0 Å². The van der Waals surface area contributed by atoms with Gasteiger partial charge in [0.05, 0.1) is 0 Å². The zero-order chi connectivity index (χ0) is 17.6. The maximum absolute atomic E-state index is 5.35. The molecule has 2 nitrogen and oxygen atoms in total. The molecule has 24 heavy (non-hydrogen) atoms. The summed E-state index contributed by atoms with van der Waals surface area (Å²) in [5, 5.41) is 7.18. The lowest BCUT2D eigenvalue weighted by Crippen LogP contribution is -2.34. The van der Waals surface area contributed by atoms with E-state index >= 15 is 0 Å². The minimum Gasteiger partial charge on any atom is -0.359 e. The monoisotopic (exact) mass is 358 g/mol. The summed E-state index contributed by atoms with van der Waals surface area (Å²) in [5.74, 6) is 0.766. The maximum Gasteiger partial charge on any atom is 0.166 e. The fourth-order valence-electron chi connectivity index (χ4n) is 2.31. The van der Waals surface area contributed by atoms with Crippen molar-refractivity contribution < 1.29 is 0 Å². The highest BCUT2D eigenvalue weighted by molar-refractivity contribution is 7.80. The largest absolute Gasteiger partial charge is 0.359 e. The van der Waals surface area contributed by atoms with Gasteiger partial charge in [-0.25, -0.2) is 0 Å². The van der Waals surface area contributed by atoms with E-state index in [-0.39, 0.29) is 5.41 Å². The smallest absolute Gasteiger partial charge is 0.166 e. The Balaban J connectivity index is 1.78. The van der Waals surface area contributed by atoms with Gasteiger partial charge in [-0.15, -0.1) is 0 Å². The molecule has 0 saturated heterocycles. The van der Waals surface area contributed by atoms with E-state index in [1.54, 1.807) is 0 Å². The molecule has 0 bridgehead atoms.